The van der Waals surface area contributed by atoms with Gasteiger partial charge in [-0.3, -0.25) is 4.79 Å². The molecule has 1 saturated carbocycles. The number of hydrogen-bond acceptors (Lipinski definition) is 4. The van der Waals surface area contributed by atoms with Crippen molar-refractivity contribution >= 4 is 11.9 Å². The van der Waals surface area contributed by atoms with Gasteiger partial charge in [0.2, 0.25) is 5.91 Å². The molecule has 1 N–H and O–H groups in total. The first-order chi connectivity index (χ1) is 11.1. The van der Waals surface area contributed by atoms with Crippen molar-refractivity contribution in [3.05, 3.63) is 29.8 Å². The van der Waals surface area contributed by atoms with E-state index in [2.05, 4.69) is 5.32 Å². The van der Waals surface area contributed by atoms with Crippen LogP contribution in [0.2, 0.25) is 0 Å². The van der Waals surface area contributed by atoms with E-state index in [0.717, 1.165) is 37.0 Å². The van der Waals surface area contributed by atoms with Gasteiger partial charge in [-0.15, -0.1) is 0 Å². The molecule has 1 aromatic rings. The van der Waals surface area contributed by atoms with E-state index in [1.807, 2.05) is 24.3 Å². The molecule has 1 aliphatic rings. The van der Waals surface area contributed by atoms with Crippen LogP contribution in [0.1, 0.15) is 44.6 Å². The Morgan fingerprint density at radius 3 is 2.70 bits per heavy atom. The number of amides is 1. The highest BCUT2D eigenvalue weighted by atomic mass is 16.5. The molecule has 0 radical (unpaired) electrons. The molecule has 5 heteroatoms. The molecular formula is C18H25NO4. The Balaban J connectivity index is 1.78. The van der Waals surface area contributed by atoms with Crippen LogP contribution in [0.4, 0.5) is 0 Å². The largest absolute Gasteiger partial charge is 0.497 e. The Morgan fingerprint density at radius 1 is 1.26 bits per heavy atom. The molecule has 5 nitrogen and oxygen atoms in total. The molecule has 1 amide bonds. The van der Waals surface area contributed by atoms with E-state index < -0.39 is 12.0 Å². The van der Waals surface area contributed by atoms with Crippen LogP contribution >= 0.6 is 0 Å². The second-order valence-electron chi connectivity index (χ2n) is 6.02. The molecule has 1 unspecified atom stereocenters. The van der Waals surface area contributed by atoms with E-state index in [9.17, 15) is 9.59 Å². The first-order valence-corrected chi connectivity index (χ1v) is 8.20. The van der Waals surface area contributed by atoms with Crippen molar-refractivity contribution in [1.29, 1.82) is 0 Å². The molecule has 1 aromatic carbocycles. The topological polar surface area (TPSA) is 64.6 Å². The van der Waals surface area contributed by atoms with Crippen LogP contribution in [0, 0.1) is 5.92 Å². The molecule has 23 heavy (non-hydrogen) atoms. The highest BCUT2D eigenvalue weighted by molar-refractivity contribution is 5.85. The van der Waals surface area contributed by atoms with Crippen LogP contribution in [0.15, 0.2) is 24.3 Å². The summed E-state index contributed by atoms with van der Waals surface area (Å²) in [7, 11) is 1.59. The van der Waals surface area contributed by atoms with Crippen LogP contribution < -0.4 is 10.1 Å². The summed E-state index contributed by atoms with van der Waals surface area (Å²) in [6, 6.07) is 6.73. The molecule has 126 valence electrons. The number of esters is 1. The lowest BCUT2D eigenvalue weighted by Gasteiger charge is -2.22. The molecule has 1 aliphatic carbocycles. The van der Waals surface area contributed by atoms with Crippen LogP contribution in [0.5, 0.6) is 5.75 Å². The van der Waals surface area contributed by atoms with Crippen molar-refractivity contribution < 1.29 is 19.1 Å². The van der Waals surface area contributed by atoms with Gasteiger partial charge in [0.05, 0.1) is 7.11 Å². The Morgan fingerprint density at radius 2 is 2.00 bits per heavy atom. The zero-order valence-corrected chi connectivity index (χ0v) is 13.8. The first-order valence-electron chi connectivity index (χ1n) is 8.20. The minimum atomic E-state index is -0.630. The third kappa shape index (κ3) is 5.27. The number of carbonyl (C=O) groups excluding carboxylic acids is 2. The predicted octanol–water partition coefficient (Wildman–Crippen LogP) is 2.82. The molecule has 1 fully saturated rings. The number of nitrogens with one attached hydrogen (secondary N) is 1. The normalized spacial score (nSPS) is 16.4. The summed E-state index contributed by atoms with van der Waals surface area (Å²) in [5.74, 6) is 0.307. The van der Waals surface area contributed by atoms with E-state index in [1.165, 1.54) is 6.42 Å². The Kier molecular flexibility index (Phi) is 6.44. The lowest BCUT2D eigenvalue weighted by Crippen LogP contribution is -2.42. The van der Waals surface area contributed by atoms with Crippen molar-refractivity contribution in [2.75, 3.05) is 7.11 Å². The summed E-state index contributed by atoms with van der Waals surface area (Å²) in [6.45, 7) is 1.83. The maximum absolute atomic E-state index is 12.1. The quantitative estimate of drug-likeness (QED) is 0.819. The van der Waals surface area contributed by atoms with Crippen molar-refractivity contribution in [3.63, 3.8) is 0 Å². The van der Waals surface area contributed by atoms with Crippen molar-refractivity contribution in [2.24, 2.45) is 5.92 Å². The first kappa shape index (κ1) is 17.3. The second-order valence-corrected chi connectivity index (χ2v) is 6.02. The van der Waals surface area contributed by atoms with Crippen molar-refractivity contribution in [3.8, 4) is 5.75 Å². The summed E-state index contributed by atoms with van der Waals surface area (Å²) < 4.78 is 10.4. The molecule has 0 bridgehead atoms. The summed E-state index contributed by atoms with van der Waals surface area (Å²) >= 11 is 0. The third-order valence-corrected chi connectivity index (χ3v) is 4.20. The smallest absolute Gasteiger partial charge is 0.328 e. The number of ether oxygens (including phenoxy) is 2. The van der Waals surface area contributed by atoms with Gasteiger partial charge in [0.1, 0.15) is 18.4 Å². The number of carbonyl (C=O) groups is 2. The second kappa shape index (κ2) is 8.56. The Labute approximate surface area is 137 Å². The maximum atomic E-state index is 12.1. The van der Waals surface area contributed by atoms with Gasteiger partial charge in [0, 0.05) is 5.92 Å². The molecule has 0 spiro atoms. The van der Waals surface area contributed by atoms with Crippen LogP contribution in [-0.4, -0.2) is 25.0 Å². The van der Waals surface area contributed by atoms with Gasteiger partial charge in [0.15, 0.2) is 0 Å². The SMILES string of the molecule is COc1cccc(COC(=O)C(C)NC(=O)C2CCCCC2)c1. The van der Waals surface area contributed by atoms with E-state index in [1.54, 1.807) is 14.0 Å². The number of methoxy groups -OCH3 is 1. The monoisotopic (exact) mass is 319 g/mol. The average Bonchev–Trinajstić information content (AvgIpc) is 2.60. The van der Waals surface area contributed by atoms with E-state index in [-0.39, 0.29) is 18.4 Å². The number of benzene rings is 1. The van der Waals surface area contributed by atoms with Crippen LogP contribution in [0.3, 0.4) is 0 Å². The number of rotatable bonds is 6. The molecule has 2 rings (SSSR count). The van der Waals surface area contributed by atoms with Crippen LogP contribution in [-0.2, 0) is 20.9 Å². The van der Waals surface area contributed by atoms with E-state index in [4.69, 9.17) is 9.47 Å². The summed E-state index contributed by atoms with van der Waals surface area (Å²) in [4.78, 5) is 24.2. The lowest BCUT2D eigenvalue weighted by molar-refractivity contribution is -0.149. The van der Waals surface area contributed by atoms with Gasteiger partial charge < -0.3 is 14.8 Å². The summed E-state index contributed by atoms with van der Waals surface area (Å²) in [6.07, 6.45) is 5.20. The van der Waals surface area contributed by atoms with E-state index in [0.29, 0.717) is 0 Å². The Bertz CT molecular complexity index is 538. The zero-order valence-electron chi connectivity index (χ0n) is 13.8. The van der Waals surface area contributed by atoms with Crippen molar-refractivity contribution in [1.82, 2.24) is 5.32 Å². The standard InChI is InChI=1S/C18H25NO4/c1-13(19-17(20)15-8-4-3-5-9-15)18(21)23-12-14-7-6-10-16(11-14)22-2/h6-7,10-11,13,15H,3-5,8-9,12H2,1-2H3,(H,19,20). The minimum absolute atomic E-state index is 0.0319. The maximum Gasteiger partial charge on any atom is 0.328 e. The highest BCUT2D eigenvalue weighted by Crippen LogP contribution is 2.23. The fraction of sp³-hybridized carbons (Fsp3) is 0.556. The van der Waals surface area contributed by atoms with Gasteiger partial charge >= 0.3 is 5.97 Å². The van der Waals surface area contributed by atoms with E-state index >= 15 is 0 Å². The van der Waals surface area contributed by atoms with Crippen LogP contribution in [0.25, 0.3) is 0 Å². The van der Waals surface area contributed by atoms with Gasteiger partial charge in [-0.05, 0) is 37.5 Å². The summed E-state index contributed by atoms with van der Waals surface area (Å²) in [5, 5.41) is 2.77. The zero-order chi connectivity index (χ0) is 16.7. The minimum Gasteiger partial charge on any atom is -0.497 e. The molecule has 0 aromatic heterocycles. The summed E-state index contributed by atoms with van der Waals surface area (Å²) in [5.41, 5.74) is 0.850. The van der Waals surface area contributed by atoms with Gasteiger partial charge in [-0.2, -0.15) is 0 Å². The molecule has 0 heterocycles. The van der Waals surface area contributed by atoms with Crippen molar-refractivity contribution in [2.45, 2.75) is 51.7 Å². The fourth-order valence-corrected chi connectivity index (χ4v) is 2.80. The van der Waals surface area contributed by atoms with Gasteiger partial charge in [0.25, 0.3) is 0 Å². The molecule has 1 atom stereocenters. The van der Waals surface area contributed by atoms with Gasteiger partial charge in [-0.25, -0.2) is 4.79 Å². The van der Waals surface area contributed by atoms with Gasteiger partial charge in [-0.1, -0.05) is 31.4 Å². The fourth-order valence-electron chi connectivity index (χ4n) is 2.80. The molecular weight excluding hydrogens is 294 g/mol. The Hall–Kier alpha value is -2.04. The average molecular weight is 319 g/mol. The molecule has 0 saturated heterocycles. The lowest BCUT2D eigenvalue weighted by atomic mass is 9.88. The highest BCUT2D eigenvalue weighted by Gasteiger charge is 2.24. The third-order valence-electron chi connectivity index (χ3n) is 4.20. The molecule has 0 aliphatic heterocycles. The predicted molar refractivity (Wildman–Crippen MR) is 87.0 cm³/mol. The number of hydrogen-bond donors (Lipinski definition) is 1.